The van der Waals surface area contributed by atoms with Crippen molar-refractivity contribution in [2.45, 2.75) is 56.4 Å². The Labute approximate surface area is 136 Å². The molecule has 0 radical (unpaired) electrons. The van der Waals surface area contributed by atoms with Crippen molar-refractivity contribution in [3.05, 3.63) is 35.9 Å². The normalized spacial score (nSPS) is 31.2. The van der Waals surface area contributed by atoms with Crippen molar-refractivity contribution < 1.29 is 29.9 Å². The highest BCUT2D eigenvalue weighted by Gasteiger charge is 2.43. The summed E-state index contributed by atoms with van der Waals surface area (Å²) in [7, 11) is 0. The molecule has 0 amide bonds. The van der Waals surface area contributed by atoms with E-state index >= 15 is 0 Å². The summed E-state index contributed by atoms with van der Waals surface area (Å²) in [4.78, 5) is 0. The summed E-state index contributed by atoms with van der Waals surface area (Å²) in [5, 5.41) is 38.3. The minimum Gasteiger partial charge on any atom is -0.394 e. The van der Waals surface area contributed by atoms with Crippen molar-refractivity contribution in [2.75, 3.05) is 13.2 Å². The Morgan fingerprint density at radius 2 is 1.65 bits per heavy atom. The van der Waals surface area contributed by atoms with Gasteiger partial charge in [-0.2, -0.15) is 0 Å². The molecule has 130 valence electrons. The van der Waals surface area contributed by atoms with Gasteiger partial charge in [0.2, 0.25) is 0 Å². The molecule has 0 saturated carbocycles. The number of aryl methyl sites for hydroxylation is 1. The Hall–Kier alpha value is -1.02. The predicted molar refractivity (Wildman–Crippen MR) is 83.7 cm³/mol. The lowest BCUT2D eigenvalue weighted by molar-refractivity contribution is -0.301. The van der Waals surface area contributed by atoms with Crippen molar-refractivity contribution in [3.8, 4) is 0 Å². The average Bonchev–Trinajstić information content (AvgIpc) is 2.58. The van der Waals surface area contributed by atoms with Crippen LogP contribution in [0.1, 0.15) is 24.8 Å². The third kappa shape index (κ3) is 5.24. The zero-order chi connectivity index (χ0) is 16.7. The molecule has 2 rings (SSSR count). The molecule has 0 aromatic heterocycles. The number of hydrogen-bond acceptors (Lipinski definition) is 6. The van der Waals surface area contributed by atoms with Gasteiger partial charge in [0, 0.05) is 6.61 Å². The molecule has 1 heterocycles. The number of rotatable bonds is 8. The van der Waals surface area contributed by atoms with Gasteiger partial charge in [-0.3, -0.25) is 0 Å². The fraction of sp³-hybridized carbons (Fsp3) is 0.647. The van der Waals surface area contributed by atoms with Gasteiger partial charge >= 0.3 is 0 Å². The number of aliphatic hydroxyl groups is 4. The van der Waals surface area contributed by atoms with Gasteiger partial charge in [-0.25, -0.2) is 0 Å². The van der Waals surface area contributed by atoms with E-state index < -0.39 is 37.3 Å². The molecular formula is C17H26O6. The molecule has 0 aliphatic carbocycles. The first-order chi connectivity index (χ1) is 11.1. The van der Waals surface area contributed by atoms with Crippen LogP contribution in [-0.4, -0.2) is 64.3 Å². The zero-order valence-electron chi connectivity index (χ0n) is 13.1. The molecule has 1 fully saturated rings. The predicted octanol–water partition coefficient (Wildman–Crippen LogP) is 0.216. The first-order valence-corrected chi connectivity index (χ1v) is 8.09. The molecule has 1 aliphatic heterocycles. The van der Waals surface area contributed by atoms with Gasteiger partial charge in [-0.15, -0.1) is 0 Å². The molecule has 1 aliphatic rings. The van der Waals surface area contributed by atoms with Crippen LogP contribution in [-0.2, 0) is 15.9 Å². The fourth-order valence-electron chi connectivity index (χ4n) is 2.66. The van der Waals surface area contributed by atoms with Crippen LogP contribution in [0.15, 0.2) is 30.3 Å². The van der Waals surface area contributed by atoms with E-state index in [1.165, 1.54) is 5.56 Å². The smallest absolute Gasteiger partial charge is 0.186 e. The van der Waals surface area contributed by atoms with E-state index in [1.807, 2.05) is 18.2 Å². The number of ether oxygens (including phenoxy) is 2. The van der Waals surface area contributed by atoms with Crippen molar-refractivity contribution in [2.24, 2.45) is 0 Å². The summed E-state index contributed by atoms with van der Waals surface area (Å²) < 4.78 is 10.7. The van der Waals surface area contributed by atoms with Gasteiger partial charge in [-0.05, 0) is 24.8 Å². The average molecular weight is 326 g/mol. The molecule has 0 bridgehead atoms. The van der Waals surface area contributed by atoms with Crippen LogP contribution < -0.4 is 0 Å². The second-order valence-electron chi connectivity index (χ2n) is 5.86. The minimum atomic E-state index is -1.39. The fourth-order valence-corrected chi connectivity index (χ4v) is 2.66. The van der Waals surface area contributed by atoms with Crippen LogP contribution in [0.5, 0.6) is 0 Å². The standard InChI is InChI=1S/C17H26O6/c18-11-13-14(19)15(20)16(21)17(23-13)22-10-6-2-5-9-12-7-3-1-4-8-12/h1,3-4,7-8,13-21H,2,5-6,9-11H2/t13-,14+,15+,16-,17-/m1/s1. The van der Waals surface area contributed by atoms with Crippen molar-refractivity contribution in [1.82, 2.24) is 0 Å². The van der Waals surface area contributed by atoms with E-state index in [9.17, 15) is 15.3 Å². The van der Waals surface area contributed by atoms with Crippen LogP contribution in [0.3, 0.4) is 0 Å². The Kier molecular flexibility index (Phi) is 7.42. The Morgan fingerprint density at radius 3 is 2.35 bits per heavy atom. The van der Waals surface area contributed by atoms with E-state index in [-0.39, 0.29) is 0 Å². The first-order valence-electron chi connectivity index (χ1n) is 8.09. The second kappa shape index (κ2) is 9.32. The summed E-state index contributed by atoms with van der Waals surface area (Å²) in [5.74, 6) is 0. The van der Waals surface area contributed by atoms with Crippen molar-refractivity contribution in [3.63, 3.8) is 0 Å². The molecule has 1 saturated heterocycles. The lowest BCUT2D eigenvalue weighted by Gasteiger charge is -2.39. The number of hydrogen-bond donors (Lipinski definition) is 4. The maximum Gasteiger partial charge on any atom is 0.186 e. The molecule has 4 N–H and O–H groups in total. The molecule has 0 unspecified atom stereocenters. The van der Waals surface area contributed by atoms with Gasteiger partial charge in [-0.1, -0.05) is 36.8 Å². The Morgan fingerprint density at radius 1 is 0.913 bits per heavy atom. The van der Waals surface area contributed by atoms with Crippen LogP contribution in [0, 0.1) is 0 Å². The van der Waals surface area contributed by atoms with Gasteiger partial charge < -0.3 is 29.9 Å². The molecular weight excluding hydrogens is 300 g/mol. The lowest BCUT2D eigenvalue weighted by atomic mass is 9.99. The summed E-state index contributed by atoms with van der Waals surface area (Å²) in [6.07, 6.45) is -2.16. The first kappa shape index (κ1) is 18.3. The van der Waals surface area contributed by atoms with Crippen LogP contribution >= 0.6 is 0 Å². The maximum absolute atomic E-state index is 9.83. The van der Waals surface area contributed by atoms with Crippen molar-refractivity contribution >= 4 is 0 Å². The highest BCUT2D eigenvalue weighted by molar-refractivity contribution is 5.14. The van der Waals surface area contributed by atoms with E-state index in [1.54, 1.807) is 0 Å². The third-order valence-corrected chi connectivity index (χ3v) is 4.08. The number of aliphatic hydroxyl groups excluding tert-OH is 4. The summed E-state index contributed by atoms with van der Waals surface area (Å²) in [6, 6.07) is 10.3. The lowest BCUT2D eigenvalue weighted by Crippen LogP contribution is -2.59. The van der Waals surface area contributed by atoms with Gasteiger partial charge in [0.05, 0.1) is 6.61 Å². The highest BCUT2D eigenvalue weighted by atomic mass is 16.7. The molecule has 1 aromatic carbocycles. The summed E-state index contributed by atoms with van der Waals surface area (Å²) >= 11 is 0. The topological polar surface area (TPSA) is 99.4 Å². The highest BCUT2D eigenvalue weighted by Crippen LogP contribution is 2.22. The molecule has 1 aromatic rings. The number of benzene rings is 1. The second-order valence-corrected chi connectivity index (χ2v) is 5.86. The minimum absolute atomic E-state index is 0.386. The summed E-state index contributed by atoms with van der Waals surface area (Å²) in [6.45, 7) is -0.0562. The SMILES string of the molecule is OC[C@H]1O[C@@H](OCCCCCc2ccccc2)[C@H](O)[C@@H](O)[C@H]1O. The maximum atomic E-state index is 9.83. The molecule has 6 nitrogen and oxygen atoms in total. The Bertz CT molecular complexity index is 438. The molecule has 5 atom stereocenters. The van der Waals surface area contributed by atoms with E-state index in [4.69, 9.17) is 14.6 Å². The van der Waals surface area contributed by atoms with Crippen LogP contribution in [0.25, 0.3) is 0 Å². The third-order valence-electron chi connectivity index (χ3n) is 4.08. The Balaban J connectivity index is 1.63. The quantitative estimate of drug-likeness (QED) is 0.510. The molecule has 0 spiro atoms. The molecule has 23 heavy (non-hydrogen) atoms. The summed E-state index contributed by atoms with van der Waals surface area (Å²) in [5.41, 5.74) is 1.31. The van der Waals surface area contributed by atoms with Crippen molar-refractivity contribution in [1.29, 1.82) is 0 Å². The molecule has 6 heteroatoms. The van der Waals surface area contributed by atoms with E-state index in [0.717, 1.165) is 25.7 Å². The van der Waals surface area contributed by atoms with Gasteiger partial charge in [0.15, 0.2) is 6.29 Å². The van der Waals surface area contributed by atoms with Gasteiger partial charge in [0.1, 0.15) is 24.4 Å². The van der Waals surface area contributed by atoms with Crippen LogP contribution in [0.4, 0.5) is 0 Å². The van der Waals surface area contributed by atoms with Gasteiger partial charge in [0.25, 0.3) is 0 Å². The van der Waals surface area contributed by atoms with E-state index in [2.05, 4.69) is 12.1 Å². The monoisotopic (exact) mass is 326 g/mol. The largest absolute Gasteiger partial charge is 0.394 e. The van der Waals surface area contributed by atoms with E-state index in [0.29, 0.717) is 6.61 Å². The number of unbranched alkanes of at least 4 members (excludes halogenated alkanes) is 2. The van der Waals surface area contributed by atoms with Crippen LogP contribution in [0.2, 0.25) is 0 Å². The zero-order valence-corrected chi connectivity index (χ0v) is 13.1.